The third-order valence-electron chi connectivity index (χ3n) is 2.90. The van der Waals surface area contributed by atoms with Crippen molar-refractivity contribution in [2.24, 2.45) is 0 Å². The van der Waals surface area contributed by atoms with Crippen molar-refractivity contribution in [3.8, 4) is 0 Å². The lowest BCUT2D eigenvalue weighted by Gasteiger charge is -2.05. The number of amides is 1. The van der Waals surface area contributed by atoms with Crippen molar-refractivity contribution in [3.05, 3.63) is 57.8 Å². The minimum atomic E-state index is 0.00730. The molecule has 2 nitrogen and oxygen atoms in total. The van der Waals surface area contributed by atoms with E-state index < -0.39 is 0 Å². The van der Waals surface area contributed by atoms with E-state index in [4.69, 9.17) is 0 Å². The SMILES string of the molecule is CCc1ccc(C(=O)NCCc2ccsc2)cc1. The average Bonchev–Trinajstić information content (AvgIpc) is 2.92. The molecule has 1 aromatic carbocycles. The number of hydrogen-bond donors (Lipinski definition) is 1. The molecule has 0 bridgehead atoms. The van der Waals surface area contributed by atoms with Crippen molar-refractivity contribution in [2.45, 2.75) is 19.8 Å². The molecule has 1 amide bonds. The van der Waals surface area contributed by atoms with Crippen molar-refractivity contribution in [2.75, 3.05) is 6.54 Å². The molecule has 2 rings (SSSR count). The van der Waals surface area contributed by atoms with E-state index in [0.29, 0.717) is 6.54 Å². The summed E-state index contributed by atoms with van der Waals surface area (Å²) in [6.45, 7) is 2.79. The van der Waals surface area contributed by atoms with E-state index >= 15 is 0 Å². The summed E-state index contributed by atoms with van der Waals surface area (Å²) in [7, 11) is 0. The summed E-state index contributed by atoms with van der Waals surface area (Å²) in [6, 6.07) is 9.88. The number of rotatable bonds is 5. The van der Waals surface area contributed by atoms with Crippen LogP contribution in [0.25, 0.3) is 0 Å². The topological polar surface area (TPSA) is 29.1 Å². The molecular weight excluding hydrogens is 242 g/mol. The van der Waals surface area contributed by atoms with Gasteiger partial charge in [0.15, 0.2) is 0 Å². The first-order valence-corrected chi connectivity index (χ1v) is 7.12. The number of carbonyl (C=O) groups excluding carboxylic acids is 1. The van der Waals surface area contributed by atoms with Gasteiger partial charge in [-0.1, -0.05) is 19.1 Å². The molecule has 0 fully saturated rings. The maximum absolute atomic E-state index is 11.9. The van der Waals surface area contributed by atoms with Crippen LogP contribution in [-0.4, -0.2) is 12.5 Å². The van der Waals surface area contributed by atoms with Crippen molar-refractivity contribution in [1.29, 1.82) is 0 Å². The van der Waals surface area contributed by atoms with Crippen molar-refractivity contribution in [3.63, 3.8) is 0 Å². The lowest BCUT2D eigenvalue weighted by molar-refractivity contribution is 0.0954. The third-order valence-corrected chi connectivity index (χ3v) is 3.64. The fraction of sp³-hybridized carbons (Fsp3) is 0.267. The minimum Gasteiger partial charge on any atom is -0.352 e. The molecule has 0 aliphatic carbocycles. The van der Waals surface area contributed by atoms with Crippen LogP contribution >= 0.6 is 11.3 Å². The summed E-state index contributed by atoms with van der Waals surface area (Å²) < 4.78 is 0. The van der Waals surface area contributed by atoms with Crippen LogP contribution < -0.4 is 5.32 Å². The van der Waals surface area contributed by atoms with E-state index in [2.05, 4.69) is 29.1 Å². The van der Waals surface area contributed by atoms with Crippen LogP contribution in [0.4, 0.5) is 0 Å². The van der Waals surface area contributed by atoms with Crippen molar-refractivity contribution < 1.29 is 4.79 Å². The van der Waals surface area contributed by atoms with Gasteiger partial charge in [-0.2, -0.15) is 11.3 Å². The summed E-state index contributed by atoms with van der Waals surface area (Å²) in [5, 5.41) is 7.11. The maximum Gasteiger partial charge on any atom is 0.251 e. The normalized spacial score (nSPS) is 10.3. The van der Waals surface area contributed by atoms with Crippen molar-refractivity contribution in [1.82, 2.24) is 5.32 Å². The van der Waals surface area contributed by atoms with Crippen LogP contribution in [-0.2, 0) is 12.8 Å². The van der Waals surface area contributed by atoms with Gasteiger partial charge in [-0.05, 0) is 52.9 Å². The maximum atomic E-state index is 11.9. The zero-order valence-electron chi connectivity index (χ0n) is 10.5. The first kappa shape index (κ1) is 12.8. The highest BCUT2D eigenvalue weighted by Gasteiger charge is 2.04. The fourth-order valence-electron chi connectivity index (χ4n) is 1.75. The molecule has 94 valence electrons. The molecule has 2 aromatic rings. The fourth-order valence-corrected chi connectivity index (χ4v) is 2.45. The lowest BCUT2D eigenvalue weighted by Crippen LogP contribution is -2.25. The Hall–Kier alpha value is -1.61. The summed E-state index contributed by atoms with van der Waals surface area (Å²) in [4.78, 5) is 11.9. The van der Waals surface area contributed by atoms with Gasteiger partial charge in [-0.15, -0.1) is 0 Å². The highest BCUT2D eigenvalue weighted by atomic mass is 32.1. The molecule has 18 heavy (non-hydrogen) atoms. The molecular formula is C15H17NOS. The van der Waals surface area contributed by atoms with Gasteiger partial charge >= 0.3 is 0 Å². The molecule has 0 radical (unpaired) electrons. The molecule has 0 saturated heterocycles. The lowest BCUT2D eigenvalue weighted by atomic mass is 10.1. The number of carbonyl (C=O) groups is 1. The van der Waals surface area contributed by atoms with Crippen molar-refractivity contribution >= 4 is 17.2 Å². The summed E-state index contributed by atoms with van der Waals surface area (Å²) in [5.74, 6) is 0.00730. The third kappa shape index (κ3) is 3.44. The van der Waals surface area contributed by atoms with E-state index in [9.17, 15) is 4.79 Å². The monoisotopic (exact) mass is 259 g/mol. The Bertz CT molecular complexity index is 488. The highest BCUT2D eigenvalue weighted by molar-refractivity contribution is 7.07. The average molecular weight is 259 g/mol. The summed E-state index contributed by atoms with van der Waals surface area (Å²) in [5.41, 5.74) is 3.27. The zero-order valence-corrected chi connectivity index (χ0v) is 11.3. The van der Waals surface area contributed by atoms with Gasteiger partial charge in [-0.3, -0.25) is 4.79 Å². The largest absolute Gasteiger partial charge is 0.352 e. The summed E-state index contributed by atoms with van der Waals surface area (Å²) >= 11 is 1.69. The van der Waals surface area contributed by atoms with Gasteiger partial charge in [0.25, 0.3) is 5.91 Å². The number of thiophene rings is 1. The van der Waals surface area contributed by atoms with Crippen LogP contribution in [0.3, 0.4) is 0 Å². The predicted molar refractivity (Wildman–Crippen MR) is 76.2 cm³/mol. The van der Waals surface area contributed by atoms with Gasteiger partial charge in [0.05, 0.1) is 0 Å². The molecule has 0 aliphatic rings. The Labute approximate surface area is 112 Å². The second-order valence-corrected chi connectivity index (χ2v) is 4.97. The van der Waals surface area contributed by atoms with Gasteiger partial charge < -0.3 is 5.32 Å². The molecule has 0 saturated carbocycles. The Morgan fingerprint density at radius 1 is 1.17 bits per heavy atom. The van der Waals surface area contributed by atoms with E-state index in [-0.39, 0.29) is 5.91 Å². The van der Waals surface area contributed by atoms with Gasteiger partial charge in [-0.25, -0.2) is 0 Å². The minimum absolute atomic E-state index is 0.00730. The van der Waals surface area contributed by atoms with E-state index in [0.717, 1.165) is 18.4 Å². The van der Waals surface area contributed by atoms with Crippen LogP contribution in [0.1, 0.15) is 28.4 Å². The molecule has 1 N–H and O–H groups in total. The Kier molecular flexibility index (Phi) is 4.53. The smallest absolute Gasteiger partial charge is 0.251 e. The Balaban J connectivity index is 1.83. The zero-order chi connectivity index (χ0) is 12.8. The van der Waals surface area contributed by atoms with Crippen LogP contribution in [0.15, 0.2) is 41.1 Å². The molecule has 0 atom stereocenters. The van der Waals surface area contributed by atoms with Gasteiger partial charge in [0, 0.05) is 12.1 Å². The first-order chi connectivity index (χ1) is 8.79. The summed E-state index contributed by atoms with van der Waals surface area (Å²) in [6.07, 6.45) is 1.89. The molecule has 3 heteroatoms. The van der Waals surface area contributed by atoms with Gasteiger partial charge in [0.1, 0.15) is 0 Å². The van der Waals surface area contributed by atoms with Crippen LogP contribution in [0.2, 0.25) is 0 Å². The molecule has 0 unspecified atom stereocenters. The number of aryl methyl sites for hydroxylation is 1. The van der Waals surface area contributed by atoms with Crippen LogP contribution in [0.5, 0.6) is 0 Å². The Morgan fingerprint density at radius 2 is 1.94 bits per heavy atom. The van der Waals surface area contributed by atoms with Gasteiger partial charge in [0.2, 0.25) is 0 Å². The Morgan fingerprint density at radius 3 is 2.56 bits per heavy atom. The molecule has 0 spiro atoms. The standard InChI is InChI=1S/C15H17NOS/c1-2-12-3-5-14(6-4-12)15(17)16-9-7-13-8-10-18-11-13/h3-6,8,10-11H,2,7,9H2,1H3,(H,16,17). The first-order valence-electron chi connectivity index (χ1n) is 6.18. The van der Waals surface area contributed by atoms with Crippen LogP contribution in [0, 0.1) is 0 Å². The molecule has 1 heterocycles. The number of hydrogen-bond acceptors (Lipinski definition) is 2. The molecule has 0 aliphatic heterocycles. The van der Waals surface area contributed by atoms with E-state index in [1.54, 1.807) is 11.3 Å². The number of benzene rings is 1. The molecule has 1 aromatic heterocycles. The second-order valence-electron chi connectivity index (χ2n) is 4.19. The predicted octanol–water partition coefficient (Wildman–Crippen LogP) is 3.28. The second kappa shape index (κ2) is 6.36. The highest BCUT2D eigenvalue weighted by Crippen LogP contribution is 2.07. The quantitative estimate of drug-likeness (QED) is 0.877. The van der Waals surface area contributed by atoms with E-state index in [1.165, 1.54) is 11.1 Å². The van der Waals surface area contributed by atoms with E-state index in [1.807, 2.05) is 24.3 Å². The number of nitrogens with one attached hydrogen (secondary N) is 1.